The summed E-state index contributed by atoms with van der Waals surface area (Å²) in [6.07, 6.45) is 0.0371. The predicted molar refractivity (Wildman–Crippen MR) is 76.0 cm³/mol. The Morgan fingerprint density at radius 1 is 1.21 bits per heavy atom. The van der Waals surface area contributed by atoms with Crippen molar-refractivity contribution in [3.63, 3.8) is 0 Å². The van der Waals surface area contributed by atoms with Gasteiger partial charge in [0, 0.05) is 16.6 Å². The number of hydrogen-bond acceptors (Lipinski definition) is 2. The maximum atomic E-state index is 13.1. The second kappa shape index (κ2) is 5.35. The summed E-state index contributed by atoms with van der Waals surface area (Å²) in [4.78, 5) is 1.26. The number of benzene rings is 2. The summed E-state index contributed by atoms with van der Waals surface area (Å²) in [6.45, 7) is 0. The summed E-state index contributed by atoms with van der Waals surface area (Å²) in [5, 5.41) is 10.4. The van der Waals surface area contributed by atoms with Gasteiger partial charge in [0.25, 0.3) is 0 Å². The Kier molecular flexibility index (Phi) is 3.58. The lowest BCUT2D eigenvalue weighted by Crippen LogP contribution is -2.21. The summed E-state index contributed by atoms with van der Waals surface area (Å²) >= 11 is 1.78. The number of fused-ring (bicyclic) bond motifs is 1. The second-order valence-corrected chi connectivity index (χ2v) is 5.92. The van der Waals surface area contributed by atoms with Gasteiger partial charge in [-0.25, -0.2) is 4.39 Å². The largest absolute Gasteiger partial charge is 0.392 e. The average Bonchev–Trinajstić information content (AvgIpc) is 2.82. The Labute approximate surface area is 116 Å². The van der Waals surface area contributed by atoms with Gasteiger partial charge in [0.05, 0.1) is 6.10 Å². The van der Waals surface area contributed by atoms with E-state index in [2.05, 4.69) is 12.1 Å². The van der Waals surface area contributed by atoms with Gasteiger partial charge in [-0.3, -0.25) is 0 Å². The van der Waals surface area contributed by atoms with Crippen LogP contribution in [0.2, 0.25) is 0 Å². The van der Waals surface area contributed by atoms with Crippen molar-refractivity contribution < 1.29 is 9.50 Å². The first kappa shape index (κ1) is 12.7. The highest BCUT2D eigenvalue weighted by Crippen LogP contribution is 2.41. The van der Waals surface area contributed by atoms with E-state index in [1.807, 2.05) is 18.2 Å². The molecule has 1 aliphatic heterocycles. The van der Waals surface area contributed by atoms with E-state index in [-0.39, 0.29) is 11.7 Å². The molecule has 0 spiro atoms. The van der Waals surface area contributed by atoms with Crippen LogP contribution >= 0.6 is 11.8 Å². The Balaban J connectivity index is 1.77. The van der Waals surface area contributed by atoms with Crippen molar-refractivity contribution in [3.05, 3.63) is 65.5 Å². The molecule has 2 unspecified atom stereocenters. The summed E-state index contributed by atoms with van der Waals surface area (Å²) in [6, 6.07) is 14.7. The molecule has 1 aliphatic rings. The fraction of sp³-hybridized carbons (Fsp3) is 0.250. The normalized spacial score (nSPS) is 19.2. The molecular weight excluding hydrogens is 259 g/mol. The van der Waals surface area contributed by atoms with E-state index >= 15 is 0 Å². The predicted octanol–water partition coefficient (Wildman–Crippen LogP) is 3.62. The topological polar surface area (TPSA) is 20.2 Å². The smallest absolute Gasteiger partial charge is 0.123 e. The summed E-state index contributed by atoms with van der Waals surface area (Å²) in [5.74, 6) is 0.797. The van der Waals surface area contributed by atoms with Crippen molar-refractivity contribution in [3.8, 4) is 0 Å². The summed E-state index contributed by atoms with van der Waals surface area (Å²) in [7, 11) is 0. The number of aliphatic hydroxyl groups is 1. The molecule has 0 bridgehead atoms. The third kappa shape index (κ3) is 2.67. The van der Waals surface area contributed by atoms with E-state index in [1.165, 1.54) is 22.6 Å². The number of halogens is 1. The van der Waals surface area contributed by atoms with Crippen molar-refractivity contribution in [2.45, 2.75) is 23.3 Å². The molecule has 0 aliphatic carbocycles. The molecule has 0 aromatic heterocycles. The monoisotopic (exact) mass is 274 g/mol. The van der Waals surface area contributed by atoms with Crippen LogP contribution in [0, 0.1) is 5.82 Å². The van der Waals surface area contributed by atoms with Gasteiger partial charge >= 0.3 is 0 Å². The number of hydrogen-bond donors (Lipinski definition) is 1. The van der Waals surface area contributed by atoms with Gasteiger partial charge < -0.3 is 5.11 Å². The number of thioether (sulfide) groups is 1. The minimum Gasteiger partial charge on any atom is -0.392 e. The van der Waals surface area contributed by atoms with Crippen LogP contribution in [0.5, 0.6) is 0 Å². The molecule has 0 radical (unpaired) electrons. The molecule has 3 heteroatoms. The molecule has 0 saturated heterocycles. The van der Waals surface area contributed by atoms with Crippen molar-refractivity contribution in [2.24, 2.45) is 0 Å². The molecule has 3 rings (SSSR count). The highest BCUT2D eigenvalue weighted by atomic mass is 32.2. The van der Waals surface area contributed by atoms with E-state index in [4.69, 9.17) is 0 Å². The second-order valence-electron chi connectivity index (χ2n) is 4.86. The zero-order chi connectivity index (χ0) is 13.2. The minimum atomic E-state index is -0.460. The van der Waals surface area contributed by atoms with Gasteiger partial charge in [-0.05, 0) is 35.7 Å². The van der Waals surface area contributed by atoms with Gasteiger partial charge in [-0.1, -0.05) is 30.3 Å². The van der Waals surface area contributed by atoms with Crippen LogP contribution in [0.3, 0.4) is 0 Å². The molecule has 1 N–H and O–H groups in total. The van der Waals surface area contributed by atoms with Crippen LogP contribution in [0.4, 0.5) is 4.39 Å². The minimum absolute atomic E-state index is 0.143. The van der Waals surface area contributed by atoms with Crippen LogP contribution in [-0.2, 0) is 6.42 Å². The lowest BCUT2D eigenvalue weighted by atomic mass is 9.91. The Morgan fingerprint density at radius 2 is 2.05 bits per heavy atom. The number of rotatable bonds is 3. The maximum absolute atomic E-state index is 13.1. The van der Waals surface area contributed by atoms with E-state index < -0.39 is 6.10 Å². The maximum Gasteiger partial charge on any atom is 0.123 e. The molecule has 98 valence electrons. The Bertz CT molecular complexity index is 584. The standard InChI is InChI=1S/C16H15FOS/c17-12-5-3-4-11(8-12)9-15(18)14-10-19-16-7-2-1-6-13(14)16/h1-8,14-15,18H,9-10H2. The lowest BCUT2D eigenvalue weighted by Gasteiger charge is -2.18. The van der Waals surface area contributed by atoms with Gasteiger partial charge in [0.15, 0.2) is 0 Å². The highest BCUT2D eigenvalue weighted by molar-refractivity contribution is 7.99. The van der Waals surface area contributed by atoms with Crippen molar-refractivity contribution in [1.82, 2.24) is 0 Å². The molecule has 0 amide bonds. The van der Waals surface area contributed by atoms with Gasteiger partial charge in [-0.2, -0.15) is 0 Å². The third-order valence-corrected chi connectivity index (χ3v) is 4.74. The fourth-order valence-corrected chi connectivity index (χ4v) is 3.88. The van der Waals surface area contributed by atoms with Gasteiger partial charge in [0.1, 0.15) is 5.82 Å². The highest BCUT2D eigenvalue weighted by Gasteiger charge is 2.28. The lowest BCUT2D eigenvalue weighted by molar-refractivity contribution is 0.151. The first-order chi connectivity index (χ1) is 9.24. The number of aliphatic hydroxyl groups excluding tert-OH is 1. The van der Waals surface area contributed by atoms with E-state index in [0.29, 0.717) is 6.42 Å². The van der Waals surface area contributed by atoms with Crippen molar-refractivity contribution in [2.75, 3.05) is 5.75 Å². The molecule has 1 nitrogen and oxygen atoms in total. The van der Waals surface area contributed by atoms with Gasteiger partial charge in [0.2, 0.25) is 0 Å². The molecule has 1 heterocycles. The zero-order valence-electron chi connectivity index (χ0n) is 10.4. The third-order valence-electron chi connectivity index (χ3n) is 3.54. The van der Waals surface area contributed by atoms with Crippen LogP contribution in [0.25, 0.3) is 0 Å². The van der Waals surface area contributed by atoms with Gasteiger partial charge in [-0.15, -0.1) is 11.8 Å². The van der Waals surface area contributed by atoms with Crippen LogP contribution in [0.15, 0.2) is 53.4 Å². The molecule has 0 fully saturated rings. The van der Waals surface area contributed by atoms with E-state index in [9.17, 15) is 9.50 Å². The first-order valence-electron chi connectivity index (χ1n) is 6.38. The molecule has 2 aromatic carbocycles. The quantitative estimate of drug-likeness (QED) is 0.922. The van der Waals surface area contributed by atoms with Crippen molar-refractivity contribution in [1.29, 1.82) is 0 Å². The van der Waals surface area contributed by atoms with E-state index in [0.717, 1.165) is 11.3 Å². The van der Waals surface area contributed by atoms with Crippen LogP contribution < -0.4 is 0 Å². The van der Waals surface area contributed by atoms with Crippen LogP contribution in [-0.4, -0.2) is 17.0 Å². The molecular formula is C16H15FOS. The molecule has 0 saturated carbocycles. The summed E-state index contributed by atoms with van der Waals surface area (Å²) < 4.78 is 13.1. The van der Waals surface area contributed by atoms with Crippen LogP contribution in [0.1, 0.15) is 17.0 Å². The van der Waals surface area contributed by atoms with E-state index in [1.54, 1.807) is 17.8 Å². The molecule has 19 heavy (non-hydrogen) atoms. The molecule has 2 atom stereocenters. The SMILES string of the molecule is OC(Cc1cccc(F)c1)C1CSc2ccccc21. The first-order valence-corrected chi connectivity index (χ1v) is 7.37. The van der Waals surface area contributed by atoms with Crippen molar-refractivity contribution >= 4 is 11.8 Å². The average molecular weight is 274 g/mol. The Hall–Kier alpha value is -1.32. The zero-order valence-corrected chi connectivity index (χ0v) is 11.2. The molecule has 2 aromatic rings. The summed E-state index contributed by atoms with van der Waals surface area (Å²) in [5.41, 5.74) is 2.07. The Morgan fingerprint density at radius 3 is 2.89 bits per heavy atom. The fourth-order valence-electron chi connectivity index (χ4n) is 2.55.